The lowest BCUT2D eigenvalue weighted by Crippen LogP contribution is -2.51. The zero-order chi connectivity index (χ0) is 24.6. The van der Waals surface area contributed by atoms with E-state index in [-0.39, 0.29) is 18.1 Å². The van der Waals surface area contributed by atoms with Crippen LogP contribution in [0.15, 0.2) is 48.5 Å². The predicted molar refractivity (Wildman–Crippen MR) is 121 cm³/mol. The summed E-state index contributed by atoms with van der Waals surface area (Å²) in [4.78, 5) is 37.0. The maximum atomic E-state index is 12.7. The van der Waals surface area contributed by atoms with Gasteiger partial charge in [0.1, 0.15) is 12.2 Å². The molecule has 0 aliphatic heterocycles. The highest BCUT2D eigenvalue weighted by Gasteiger charge is 2.40. The highest BCUT2D eigenvalue weighted by atomic mass is 16.6. The van der Waals surface area contributed by atoms with Gasteiger partial charge in [0.05, 0.1) is 7.11 Å². The molecule has 0 aliphatic rings. The normalized spacial score (nSPS) is 12.7. The van der Waals surface area contributed by atoms with Crippen LogP contribution in [0.4, 0.5) is 9.59 Å². The van der Waals surface area contributed by atoms with Gasteiger partial charge in [-0.05, 0) is 51.0 Å². The first-order valence-corrected chi connectivity index (χ1v) is 10.3. The molecule has 2 N–H and O–H groups in total. The Morgan fingerprint density at radius 1 is 0.909 bits per heavy atom. The lowest BCUT2D eigenvalue weighted by Gasteiger charge is -2.30. The first-order chi connectivity index (χ1) is 15.5. The summed E-state index contributed by atoms with van der Waals surface area (Å²) in [5.41, 5.74) is -1.15. The molecular formula is C24H30N2O7. The number of nitrogens with one attached hydrogen (secondary N) is 2. The summed E-state index contributed by atoms with van der Waals surface area (Å²) < 4.78 is 21.4. The second kappa shape index (κ2) is 10.7. The Balaban J connectivity index is 2.44. The van der Waals surface area contributed by atoms with Crippen molar-refractivity contribution in [2.75, 3.05) is 14.2 Å². The standard InChI is InChI=1S/C24H30N2O7/c1-23(2,3)33-22(29)26-24(4,20(27)30-6)17-12-13-18(32-21(28)25-5)19(14-17)31-15-16-10-8-7-9-11-16/h7-14H,15H2,1-6H3,(H,25,28)(H,26,29). The number of hydrogen-bond acceptors (Lipinski definition) is 7. The van der Waals surface area contributed by atoms with Crippen LogP contribution in [0.1, 0.15) is 38.8 Å². The van der Waals surface area contributed by atoms with Crippen LogP contribution >= 0.6 is 0 Å². The zero-order valence-electron chi connectivity index (χ0n) is 19.7. The van der Waals surface area contributed by atoms with Crippen LogP contribution in [-0.4, -0.2) is 37.9 Å². The molecule has 33 heavy (non-hydrogen) atoms. The van der Waals surface area contributed by atoms with Gasteiger partial charge < -0.3 is 29.6 Å². The van der Waals surface area contributed by atoms with Crippen molar-refractivity contribution in [3.8, 4) is 11.5 Å². The summed E-state index contributed by atoms with van der Waals surface area (Å²) >= 11 is 0. The highest BCUT2D eigenvalue weighted by molar-refractivity contribution is 5.87. The lowest BCUT2D eigenvalue weighted by molar-refractivity contribution is -0.148. The molecule has 0 aromatic heterocycles. The summed E-state index contributed by atoms with van der Waals surface area (Å²) in [6.45, 7) is 6.80. The van der Waals surface area contributed by atoms with Gasteiger partial charge in [-0.25, -0.2) is 14.4 Å². The number of benzene rings is 2. The molecule has 178 valence electrons. The summed E-state index contributed by atoms with van der Waals surface area (Å²) in [6, 6.07) is 13.9. The van der Waals surface area contributed by atoms with Crippen molar-refractivity contribution in [3.05, 3.63) is 59.7 Å². The van der Waals surface area contributed by atoms with Crippen LogP contribution in [0.5, 0.6) is 11.5 Å². The molecule has 1 atom stereocenters. The number of carbonyl (C=O) groups excluding carboxylic acids is 3. The van der Waals surface area contributed by atoms with Crippen molar-refractivity contribution in [2.45, 2.75) is 45.4 Å². The quantitative estimate of drug-likeness (QED) is 0.605. The molecule has 2 aromatic carbocycles. The lowest BCUT2D eigenvalue weighted by atomic mass is 9.91. The Bertz CT molecular complexity index is 986. The van der Waals surface area contributed by atoms with E-state index in [0.29, 0.717) is 5.56 Å². The molecule has 9 nitrogen and oxygen atoms in total. The summed E-state index contributed by atoms with van der Waals surface area (Å²) in [6.07, 6.45) is -1.48. The molecule has 0 bridgehead atoms. The zero-order valence-corrected chi connectivity index (χ0v) is 19.7. The summed E-state index contributed by atoms with van der Waals surface area (Å²) in [5, 5.41) is 4.95. The number of ether oxygens (including phenoxy) is 4. The first-order valence-electron chi connectivity index (χ1n) is 10.3. The molecule has 0 fully saturated rings. The molecule has 0 saturated heterocycles. The van der Waals surface area contributed by atoms with Gasteiger partial charge in [-0.3, -0.25) is 0 Å². The Labute approximate surface area is 193 Å². The SMILES string of the molecule is CNC(=O)Oc1ccc(C(C)(NC(=O)OC(C)(C)C)C(=O)OC)cc1OCc1ccccc1. The summed E-state index contributed by atoms with van der Waals surface area (Å²) in [5.74, 6) is -0.387. The molecule has 0 aliphatic carbocycles. The number of esters is 1. The first kappa shape index (κ1) is 25.5. The van der Waals surface area contributed by atoms with Crippen molar-refractivity contribution < 1.29 is 33.3 Å². The van der Waals surface area contributed by atoms with Crippen LogP contribution in [0.2, 0.25) is 0 Å². The van der Waals surface area contributed by atoms with E-state index in [9.17, 15) is 14.4 Å². The molecule has 0 spiro atoms. The van der Waals surface area contributed by atoms with Gasteiger partial charge in [0.2, 0.25) is 0 Å². The maximum absolute atomic E-state index is 12.7. The minimum absolute atomic E-state index is 0.138. The molecule has 2 aromatic rings. The van der Waals surface area contributed by atoms with Gasteiger partial charge in [0.15, 0.2) is 17.0 Å². The van der Waals surface area contributed by atoms with Gasteiger partial charge >= 0.3 is 18.2 Å². The van der Waals surface area contributed by atoms with E-state index in [0.717, 1.165) is 5.56 Å². The highest BCUT2D eigenvalue weighted by Crippen LogP contribution is 2.34. The van der Waals surface area contributed by atoms with Crippen LogP contribution < -0.4 is 20.1 Å². The third kappa shape index (κ3) is 7.13. The fourth-order valence-electron chi connectivity index (χ4n) is 2.86. The van der Waals surface area contributed by atoms with E-state index in [2.05, 4.69) is 10.6 Å². The number of rotatable bonds is 7. The molecule has 0 heterocycles. The number of alkyl carbamates (subject to hydrolysis) is 1. The van der Waals surface area contributed by atoms with Crippen molar-refractivity contribution in [2.24, 2.45) is 0 Å². The average Bonchev–Trinajstić information content (AvgIpc) is 2.76. The van der Waals surface area contributed by atoms with Gasteiger partial charge in [-0.1, -0.05) is 36.4 Å². The minimum Gasteiger partial charge on any atom is -0.485 e. The van der Waals surface area contributed by atoms with Gasteiger partial charge in [-0.2, -0.15) is 0 Å². The van der Waals surface area contributed by atoms with Crippen LogP contribution in [0.3, 0.4) is 0 Å². The second-order valence-corrected chi connectivity index (χ2v) is 8.32. The predicted octanol–water partition coefficient (Wildman–Crippen LogP) is 3.90. The van der Waals surface area contributed by atoms with Gasteiger partial charge in [-0.15, -0.1) is 0 Å². The third-order valence-corrected chi connectivity index (χ3v) is 4.51. The molecular weight excluding hydrogens is 428 g/mol. The van der Waals surface area contributed by atoms with E-state index in [1.54, 1.807) is 20.8 Å². The number of methoxy groups -OCH3 is 1. The van der Waals surface area contributed by atoms with E-state index < -0.39 is 29.3 Å². The van der Waals surface area contributed by atoms with E-state index in [1.165, 1.54) is 39.3 Å². The smallest absolute Gasteiger partial charge is 0.412 e. The van der Waals surface area contributed by atoms with Crippen LogP contribution in [0, 0.1) is 0 Å². The number of carbonyl (C=O) groups is 3. The van der Waals surface area contributed by atoms with Crippen molar-refractivity contribution in [3.63, 3.8) is 0 Å². The molecule has 2 rings (SSSR count). The average molecular weight is 459 g/mol. The Hall–Kier alpha value is -3.75. The molecule has 0 saturated carbocycles. The van der Waals surface area contributed by atoms with E-state index in [1.807, 2.05) is 30.3 Å². The van der Waals surface area contributed by atoms with Crippen molar-refractivity contribution >= 4 is 18.2 Å². The Morgan fingerprint density at radius 3 is 2.15 bits per heavy atom. The molecule has 2 amide bonds. The summed E-state index contributed by atoms with van der Waals surface area (Å²) in [7, 11) is 2.65. The molecule has 9 heteroatoms. The van der Waals surface area contributed by atoms with E-state index >= 15 is 0 Å². The number of amides is 2. The van der Waals surface area contributed by atoms with Gasteiger partial charge in [0, 0.05) is 7.05 Å². The monoisotopic (exact) mass is 458 g/mol. The third-order valence-electron chi connectivity index (χ3n) is 4.51. The molecule has 0 radical (unpaired) electrons. The van der Waals surface area contributed by atoms with Crippen molar-refractivity contribution in [1.82, 2.24) is 10.6 Å². The van der Waals surface area contributed by atoms with Crippen LogP contribution in [0.25, 0.3) is 0 Å². The maximum Gasteiger partial charge on any atom is 0.412 e. The van der Waals surface area contributed by atoms with Crippen LogP contribution in [-0.2, 0) is 26.4 Å². The Morgan fingerprint density at radius 2 is 1.58 bits per heavy atom. The topological polar surface area (TPSA) is 112 Å². The largest absolute Gasteiger partial charge is 0.485 e. The minimum atomic E-state index is -1.60. The van der Waals surface area contributed by atoms with Gasteiger partial charge in [0.25, 0.3) is 0 Å². The number of hydrogen-bond donors (Lipinski definition) is 2. The fourth-order valence-corrected chi connectivity index (χ4v) is 2.86. The van der Waals surface area contributed by atoms with Crippen molar-refractivity contribution in [1.29, 1.82) is 0 Å². The second-order valence-electron chi connectivity index (χ2n) is 8.32. The fraction of sp³-hybridized carbons (Fsp3) is 0.375. The van der Waals surface area contributed by atoms with E-state index in [4.69, 9.17) is 18.9 Å². The Kier molecular flexibility index (Phi) is 8.28. The molecule has 1 unspecified atom stereocenters.